The second-order valence-electron chi connectivity index (χ2n) is 11.3. The van der Waals surface area contributed by atoms with Crippen molar-refractivity contribution in [2.45, 2.75) is 79.6 Å². The van der Waals surface area contributed by atoms with E-state index in [4.69, 9.17) is 4.98 Å². The van der Waals surface area contributed by atoms with Crippen molar-refractivity contribution in [2.24, 2.45) is 11.8 Å². The van der Waals surface area contributed by atoms with E-state index in [2.05, 4.69) is 81.4 Å². The number of allylic oxidation sites excluding steroid dienone is 2. The SMILES string of the molecule is CC(C)(C)c1cc2ccccc2[c-]c1-c1ccc2ccccc2n1.CCC(CC)C(=O)/C=C(\O)C(CC)CC.[Ir]. The monoisotopic (exact) mass is 715 g/mol. The van der Waals surface area contributed by atoms with Gasteiger partial charge in [0.25, 0.3) is 0 Å². The summed E-state index contributed by atoms with van der Waals surface area (Å²) in [6.45, 7) is 14.8. The Morgan fingerprint density at radius 2 is 1.43 bits per heavy atom. The van der Waals surface area contributed by atoms with Crippen LogP contribution in [0, 0.1) is 17.9 Å². The molecule has 3 aromatic carbocycles. The van der Waals surface area contributed by atoms with Crippen molar-refractivity contribution in [3.63, 3.8) is 0 Å². The summed E-state index contributed by atoms with van der Waals surface area (Å²) in [4.78, 5) is 16.6. The van der Waals surface area contributed by atoms with E-state index >= 15 is 0 Å². The summed E-state index contributed by atoms with van der Waals surface area (Å²) in [7, 11) is 0. The molecule has 0 spiro atoms. The molecule has 4 rings (SSSR count). The molecule has 0 unspecified atom stereocenters. The molecule has 0 atom stereocenters. The van der Waals surface area contributed by atoms with E-state index in [0.29, 0.717) is 0 Å². The molecular formula is C36H44IrNO2-. The van der Waals surface area contributed by atoms with Crippen molar-refractivity contribution in [3.8, 4) is 11.3 Å². The number of rotatable bonds is 8. The summed E-state index contributed by atoms with van der Waals surface area (Å²) >= 11 is 0. The third kappa shape index (κ3) is 8.35. The fraction of sp³-hybridized carbons (Fsp3) is 0.389. The van der Waals surface area contributed by atoms with Gasteiger partial charge in [0.2, 0.25) is 0 Å². The second kappa shape index (κ2) is 15.3. The second-order valence-corrected chi connectivity index (χ2v) is 11.3. The maximum Gasteiger partial charge on any atom is 0.162 e. The van der Waals surface area contributed by atoms with E-state index in [1.807, 2.05) is 39.8 Å². The maximum atomic E-state index is 11.7. The Balaban J connectivity index is 0.000000307. The third-order valence-corrected chi connectivity index (χ3v) is 7.53. The minimum absolute atomic E-state index is 0. The zero-order chi connectivity index (χ0) is 28.6. The van der Waals surface area contributed by atoms with Crippen LogP contribution in [-0.4, -0.2) is 15.9 Å². The number of fused-ring (bicyclic) bond motifs is 2. The molecule has 4 aromatic rings. The molecule has 40 heavy (non-hydrogen) atoms. The molecule has 1 heterocycles. The first-order chi connectivity index (χ1) is 18.6. The van der Waals surface area contributed by atoms with Gasteiger partial charge >= 0.3 is 0 Å². The van der Waals surface area contributed by atoms with E-state index in [1.165, 1.54) is 22.4 Å². The van der Waals surface area contributed by atoms with E-state index < -0.39 is 0 Å². The number of carbonyl (C=O) groups is 1. The number of aromatic nitrogens is 1. The Morgan fingerprint density at radius 3 is 2.02 bits per heavy atom. The Kier molecular flexibility index (Phi) is 12.7. The largest absolute Gasteiger partial charge is 0.512 e. The first-order valence-electron chi connectivity index (χ1n) is 14.4. The van der Waals surface area contributed by atoms with Gasteiger partial charge in [0.05, 0.1) is 11.3 Å². The summed E-state index contributed by atoms with van der Waals surface area (Å²) in [6, 6.07) is 26.8. The van der Waals surface area contributed by atoms with Gasteiger partial charge < -0.3 is 5.11 Å². The number of pyridine rings is 1. The van der Waals surface area contributed by atoms with Crippen LogP contribution in [0.25, 0.3) is 32.9 Å². The Hall–Kier alpha value is -2.81. The van der Waals surface area contributed by atoms with E-state index in [1.54, 1.807) is 0 Å². The van der Waals surface area contributed by atoms with Gasteiger partial charge in [-0.2, -0.15) is 0 Å². The normalized spacial score (nSPS) is 11.9. The average Bonchev–Trinajstić information content (AvgIpc) is 2.93. The molecule has 0 fully saturated rings. The molecule has 1 N–H and O–H groups in total. The zero-order valence-corrected chi connectivity index (χ0v) is 27.4. The molecule has 0 saturated heterocycles. The van der Waals surface area contributed by atoms with Crippen molar-refractivity contribution in [1.82, 2.24) is 4.98 Å². The summed E-state index contributed by atoms with van der Waals surface area (Å²) in [5.74, 6) is 0.547. The van der Waals surface area contributed by atoms with Gasteiger partial charge in [-0.05, 0) is 42.6 Å². The average molecular weight is 715 g/mol. The first kappa shape index (κ1) is 33.4. The molecule has 4 heteroatoms. The molecule has 3 nitrogen and oxygen atoms in total. The van der Waals surface area contributed by atoms with E-state index in [9.17, 15) is 9.90 Å². The van der Waals surface area contributed by atoms with Crippen LogP contribution in [0.3, 0.4) is 0 Å². The van der Waals surface area contributed by atoms with E-state index in [0.717, 1.165) is 47.8 Å². The van der Waals surface area contributed by atoms with Crippen LogP contribution in [-0.2, 0) is 30.3 Å². The summed E-state index contributed by atoms with van der Waals surface area (Å²) < 4.78 is 0. The van der Waals surface area contributed by atoms with Gasteiger partial charge in [0.15, 0.2) is 5.78 Å². The topological polar surface area (TPSA) is 50.2 Å². The molecule has 1 radical (unpaired) electrons. The number of aliphatic hydroxyl groups excluding tert-OH is 1. The number of hydrogen-bond donors (Lipinski definition) is 1. The molecular weight excluding hydrogens is 671 g/mol. The van der Waals surface area contributed by atoms with Gasteiger partial charge in [-0.15, -0.1) is 29.1 Å². The fourth-order valence-corrected chi connectivity index (χ4v) is 4.94. The van der Waals surface area contributed by atoms with Crippen LogP contribution in [0.5, 0.6) is 0 Å². The number of nitrogens with zero attached hydrogens (tertiary/aromatic N) is 1. The van der Waals surface area contributed by atoms with Crippen molar-refractivity contribution in [1.29, 1.82) is 0 Å². The minimum atomic E-state index is 0. The van der Waals surface area contributed by atoms with Crippen LogP contribution >= 0.6 is 0 Å². The number of aliphatic hydroxyl groups is 1. The molecule has 0 aliphatic heterocycles. The summed E-state index contributed by atoms with van der Waals surface area (Å²) in [6.07, 6.45) is 4.91. The van der Waals surface area contributed by atoms with Crippen LogP contribution < -0.4 is 0 Å². The van der Waals surface area contributed by atoms with Crippen LogP contribution in [0.1, 0.15) is 79.7 Å². The summed E-state index contributed by atoms with van der Waals surface area (Å²) in [5, 5.41) is 13.3. The quantitative estimate of drug-likeness (QED) is 0.112. The van der Waals surface area contributed by atoms with Crippen molar-refractivity contribution >= 4 is 27.5 Å². The molecule has 1 aromatic heterocycles. The summed E-state index contributed by atoms with van der Waals surface area (Å²) in [5.41, 5.74) is 4.43. The number of carbonyl (C=O) groups excluding carboxylic acids is 1. The van der Waals surface area contributed by atoms with Crippen LogP contribution in [0.4, 0.5) is 0 Å². The molecule has 215 valence electrons. The third-order valence-electron chi connectivity index (χ3n) is 7.53. The number of hydrogen-bond acceptors (Lipinski definition) is 3. The van der Waals surface area contributed by atoms with Crippen LogP contribution in [0.15, 0.2) is 78.6 Å². The first-order valence-corrected chi connectivity index (χ1v) is 14.4. The maximum absolute atomic E-state index is 11.7. The molecule has 0 saturated carbocycles. The number of para-hydroxylation sites is 1. The fourth-order valence-electron chi connectivity index (χ4n) is 4.94. The van der Waals surface area contributed by atoms with Gasteiger partial charge in [-0.1, -0.05) is 108 Å². The van der Waals surface area contributed by atoms with Gasteiger partial charge in [0, 0.05) is 43.7 Å². The van der Waals surface area contributed by atoms with Gasteiger partial charge in [-0.25, -0.2) is 0 Å². The van der Waals surface area contributed by atoms with E-state index in [-0.39, 0.29) is 48.9 Å². The smallest absolute Gasteiger partial charge is 0.162 e. The zero-order valence-electron chi connectivity index (χ0n) is 25.0. The van der Waals surface area contributed by atoms with Gasteiger partial charge in [-0.3, -0.25) is 9.78 Å². The van der Waals surface area contributed by atoms with Gasteiger partial charge in [0.1, 0.15) is 0 Å². The molecule has 0 aliphatic rings. The Labute approximate surface area is 254 Å². The molecule has 0 aliphatic carbocycles. The van der Waals surface area contributed by atoms with Crippen molar-refractivity contribution in [2.75, 3.05) is 0 Å². The predicted octanol–water partition coefficient (Wildman–Crippen LogP) is 10.0. The molecule has 0 amide bonds. The number of benzene rings is 3. The van der Waals surface area contributed by atoms with Crippen LogP contribution in [0.2, 0.25) is 0 Å². The number of ketones is 1. The Morgan fingerprint density at radius 1 is 0.850 bits per heavy atom. The van der Waals surface area contributed by atoms with Crippen molar-refractivity contribution < 1.29 is 30.0 Å². The Bertz CT molecular complexity index is 1430. The minimum Gasteiger partial charge on any atom is -0.512 e. The van der Waals surface area contributed by atoms with Crippen molar-refractivity contribution in [3.05, 3.63) is 90.2 Å². The molecule has 0 bridgehead atoms. The standard InChI is InChI=1S/C23H20N.C13H24O2.Ir/c1-23(2,3)20-15-18-10-5-4-9-17(18)14-19(20)22-13-12-16-8-6-7-11-21(16)24-22;1-5-10(6-2)12(14)9-13(15)11(7-3)8-4;/h4-13,15H,1-3H3;9-11,14H,5-8H2,1-4H3;/q-1;;/b;12-9-;. The predicted molar refractivity (Wildman–Crippen MR) is 166 cm³/mol.